The third-order valence-corrected chi connectivity index (χ3v) is 5.04. The molecule has 7 heteroatoms. The van der Waals surface area contributed by atoms with Gasteiger partial charge >= 0.3 is 0 Å². The van der Waals surface area contributed by atoms with E-state index in [1.165, 1.54) is 12.8 Å². The average Bonchev–Trinajstić information content (AvgIpc) is 2.95. The lowest BCUT2D eigenvalue weighted by Gasteiger charge is -2.23. The molecule has 2 aliphatic heterocycles. The first-order chi connectivity index (χ1) is 9.61. The van der Waals surface area contributed by atoms with Crippen LogP contribution in [0.1, 0.15) is 48.6 Å². The highest BCUT2D eigenvalue weighted by atomic mass is 35.5. The Balaban J connectivity index is 0.00000121. The van der Waals surface area contributed by atoms with Gasteiger partial charge < -0.3 is 10.2 Å². The van der Waals surface area contributed by atoms with Gasteiger partial charge in [-0.1, -0.05) is 13.8 Å². The number of rotatable bonds is 3. The van der Waals surface area contributed by atoms with Crippen LogP contribution >= 0.6 is 36.2 Å². The molecule has 2 atom stereocenters. The lowest BCUT2D eigenvalue weighted by molar-refractivity contribution is 0.0743. The summed E-state index contributed by atoms with van der Waals surface area (Å²) < 4.78 is 0. The molecule has 4 nitrogen and oxygen atoms in total. The highest BCUT2D eigenvalue weighted by molar-refractivity contribution is 7.09. The van der Waals surface area contributed by atoms with Crippen molar-refractivity contribution >= 4 is 42.1 Å². The summed E-state index contributed by atoms with van der Waals surface area (Å²) in [4.78, 5) is 19.1. The Morgan fingerprint density at radius 3 is 2.82 bits per heavy atom. The topological polar surface area (TPSA) is 45.2 Å². The monoisotopic (exact) mass is 365 g/mol. The second-order valence-electron chi connectivity index (χ2n) is 6.40. The molecule has 1 amide bonds. The van der Waals surface area contributed by atoms with E-state index < -0.39 is 0 Å². The Morgan fingerprint density at radius 2 is 2.09 bits per heavy atom. The van der Waals surface area contributed by atoms with Crippen LogP contribution in [0.5, 0.6) is 0 Å². The van der Waals surface area contributed by atoms with Crippen LogP contribution in [0.15, 0.2) is 5.38 Å². The number of likely N-dealkylation sites (tertiary alicyclic amines) is 1. The summed E-state index contributed by atoms with van der Waals surface area (Å²) in [6.07, 6.45) is 4.50. The number of nitrogens with one attached hydrogen (secondary N) is 1. The summed E-state index contributed by atoms with van der Waals surface area (Å²) in [7, 11) is 0. The Kier molecular flexibility index (Phi) is 7.59. The van der Waals surface area contributed by atoms with Crippen molar-refractivity contribution in [3.63, 3.8) is 0 Å². The highest BCUT2D eigenvalue weighted by Crippen LogP contribution is 2.22. The normalized spacial score (nSPS) is 23.7. The Hall–Kier alpha value is -0.360. The van der Waals surface area contributed by atoms with Gasteiger partial charge in [-0.25, -0.2) is 4.98 Å². The number of aromatic nitrogens is 1. The number of amides is 1. The quantitative estimate of drug-likeness (QED) is 0.894. The molecule has 0 aromatic carbocycles. The maximum absolute atomic E-state index is 12.6. The van der Waals surface area contributed by atoms with E-state index in [0.717, 1.165) is 30.9 Å². The molecule has 22 heavy (non-hydrogen) atoms. The summed E-state index contributed by atoms with van der Waals surface area (Å²) in [5.41, 5.74) is 0.642. The number of fused-ring (bicyclic) bond motifs is 2. The molecule has 2 fully saturated rings. The molecule has 3 rings (SSSR count). The Morgan fingerprint density at radius 1 is 1.36 bits per heavy atom. The molecule has 126 valence electrons. The van der Waals surface area contributed by atoms with Crippen molar-refractivity contribution in [3.05, 3.63) is 16.1 Å². The van der Waals surface area contributed by atoms with Crippen LogP contribution in [0.4, 0.5) is 0 Å². The van der Waals surface area contributed by atoms with Crippen molar-refractivity contribution in [2.45, 2.75) is 51.6 Å². The van der Waals surface area contributed by atoms with Gasteiger partial charge in [-0.2, -0.15) is 0 Å². The number of halogens is 2. The molecule has 1 aromatic heterocycles. The van der Waals surface area contributed by atoms with Gasteiger partial charge in [0.2, 0.25) is 0 Å². The minimum Gasteiger partial charge on any atom is -0.336 e. The molecular formula is C15H25Cl2N3OS. The summed E-state index contributed by atoms with van der Waals surface area (Å²) in [6, 6.07) is 1.10. The fraction of sp³-hybridized carbons (Fsp3) is 0.733. The second kappa shape index (κ2) is 8.48. The van der Waals surface area contributed by atoms with Gasteiger partial charge in [0.15, 0.2) is 0 Å². The summed E-state index contributed by atoms with van der Waals surface area (Å²) >= 11 is 1.62. The smallest absolute Gasteiger partial charge is 0.273 e. The van der Waals surface area contributed by atoms with E-state index in [4.69, 9.17) is 0 Å². The molecular weight excluding hydrogens is 341 g/mol. The molecule has 1 N–H and O–H groups in total. The first kappa shape index (κ1) is 19.7. The van der Waals surface area contributed by atoms with E-state index in [9.17, 15) is 4.79 Å². The van der Waals surface area contributed by atoms with Gasteiger partial charge in [0, 0.05) is 37.0 Å². The zero-order valence-electron chi connectivity index (χ0n) is 13.1. The molecule has 0 radical (unpaired) electrons. The van der Waals surface area contributed by atoms with Crippen LogP contribution in [0, 0.1) is 5.92 Å². The average molecular weight is 366 g/mol. The maximum atomic E-state index is 12.6. The molecule has 0 spiro atoms. The van der Waals surface area contributed by atoms with Crippen LogP contribution in [0.3, 0.4) is 0 Å². The molecule has 0 aliphatic carbocycles. The van der Waals surface area contributed by atoms with Crippen LogP contribution in [-0.2, 0) is 6.42 Å². The van der Waals surface area contributed by atoms with Gasteiger partial charge in [-0.05, 0) is 25.2 Å². The zero-order chi connectivity index (χ0) is 14.1. The first-order valence-corrected chi connectivity index (χ1v) is 8.49. The molecule has 0 saturated carbocycles. The van der Waals surface area contributed by atoms with E-state index in [2.05, 4.69) is 24.1 Å². The predicted octanol–water partition coefficient (Wildman–Crippen LogP) is 3.15. The van der Waals surface area contributed by atoms with Crippen molar-refractivity contribution in [2.75, 3.05) is 13.1 Å². The first-order valence-electron chi connectivity index (χ1n) is 7.61. The number of carbonyl (C=O) groups is 1. The van der Waals surface area contributed by atoms with Crippen LogP contribution in [0.25, 0.3) is 0 Å². The second-order valence-corrected chi connectivity index (χ2v) is 7.34. The number of thiazole rings is 1. The Bertz CT molecular complexity index is 495. The largest absolute Gasteiger partial charge is 0.336 e. The predicted molar refractivity (Wildman–Crippen MR) is 95.6 cm³/mol. The zero-order valence-corrected chi connectivity index (χ0v) is 15.5. The van der Waals surface area contributed by atoms with E-state index in [0.29, 0.717) is 23.7 Å². The lowest BCUT2D eigenvalue weighted by atomic mass is 10.1. The van der Waals surface area contributed by atoms with Gasteiger partial charge in [-0.3, -0.25) is 4.79 Å². The molecule has 3 heterocycles. The van der Waals surface area contributed by atoms with Crippen LogP contribution in [-0.4, -0.2) is 41.0 Å². The molecule has 1 aromatic rings. The van der Waals surface area contributed by atoms with E-state index in [1.807, 2.05) is 10.3 Å². The van der Waals surface area contributed by atoms with Gasteiger partial charge in [0.1, 0.15) is 5.69 Å². The SMILES string of the molecule is CC(C)Cc1nc(C(=O)N2CCC3CCC(C2)N3)cs1.Cl.Cl. The van der Waals surface area contributed by atoms with Gasteiger partial charge in [-0.15, -0.1) is 36.2 Å². The fourth-order valence-corrected chi connectivity index (χ4v) is 4.12. The number of carbonyl (C=O) groups excluding carboxylic acids is 1. The van der Waals surface area contributed by atoms with E-state index in [-0.39, 0.29) is 30.7 Å². The standard InChI is InChI=1S/C15H23N3OS.2ClH/c1-10(2)7-14-17-13(9-20-14)15(19)18-6-5-11-3-4-12(8-18)16-11;;/h9-12,16H,3-8H2,1-2H3;2*1H. The van der Waals surface area contributed by atoms with Gasteiger partial charge in [0.05, 0.1) is 5.01 Å². The molecule has 2 bridgehead atoms. The van der Waals surface area contributed by atoms with E-state index >= 15 is 0 Å². The third-order valence-electron chi connectivity index (χ3n) is 4.16. The summed E-state index contributed by atoms with van der Waals surface area (Å²) in [5.74, 6) is 0.702. The highest BCUT2D eigenvalue weighted by Gasteiger charge is 2.32. The van der Waals surface area contributed by atoms with Crippen molar-refractivity contribution in [3.8, 4) is 0 Å². The number of nitrogens with zero attached hydrogens (tertiary/aromatic N) is 2. The molecule has 2 aliphatic rings. The number of hydrogen-bond acceptors (Lipinski definition) is 4. The summed E-state index contributed by atoms with van der Waals surface area (Å²) in [6.45, 7) is 6.07. The number of hydrogen-bond donors (Lipinski definition) is 1. The van der Waals surface area contributed by atoms with Crippen molar-refractivity contribution < 1.29 is 4.79 Å². The molecule has 2 unspecified atom stereocenters. The van der Waals surface area contributed by atoms with Crippen molar-refractivity contribution in [1.29, 1.82) is 0 Å². The Labute approximate surface area is 148 Å². The minimum absolute atomic E-state index is 0. The minimum atomic E-state index is 0. The summed E-state index contributed by atoms with van der Waals surface area (Å²) in [5, 5.41) is 6.62. The molecule has 2 saturated heterocycles. The van der Waals surface area contributed by atoms with Crippen molar-refractivity contribution in [2.24, 2.45) is 5.92 Å². The van der Waals surface area contributed by atoms with Crippen LogP contribution in [0.2, 0.25) is 0 Å². The maximum Gasteiger partial charge on any atom is 0.273 e. The van der Waals surface area contributed by atoms with E-state index in [1.54, 1.807) is 11.3 Å². The third kappa shape index (κ3) is 4.57. The van der Waals surface area contributed by atoms with Gasteiger partial charge in [0.25, 0.3) is 5.91 Å². The lowest BCUT2D eigenvalue weighted by Crippen LogP contribution is -2.39. The van der Waals surface area contributed by atoms with Crippen LogP contribution < -0.4 is 5.32 Å². The van der Waals surface area contributed by atoms with Crippen molar-refractivity contribution in [1.82, 2.24) is 15.2 Å². The fourth-order valence-electron chi connectivity index (χ4n) is 3.14.